The molecule has 2 rings (SSSR count). The highest BCUT2D eigenvalue weighted by molar-refractivity contribution is 7.99. The number of methoxy groups -OCH3 is 2. The standard InChI is InChI=1S/C15H13NO5S/c1-20-14-9-12(7-8-13(14)15(17)21-2)22-11-5-3-10(4-6-11)16(18)19/h3-9H,1-2H3. The first-order valence-electron chi connectivity index (χ1n) is 6.24. The monoisotopic (exact) mass is 319 g/mol. The number of rotatable bonds is 5. The topological polar surface area (TPSA) is 78.7 Å². The summed E-state index contributed by atoms with van der Waals surface area (Å²) in [6, 6.07) is 11.3. The van der Waals surface area contributed by atoms with Gasteiger partial charge in [-0.2, -0.15) is 0 Å². The summed E-state index contributed by atoms with van der Waals surface area (Å²) in [5.41, 5.74) is 0.390. The zero-order chi connectivity index (χ0) is 16.1. The minimum Gasteiger partial charge on any atom is -0.496 e. The van der Waals surface area contributed by atoms with Crippen molar-refractivity contribution in [2.45, 2.75) is 9.79 Å². The van der Waals surface area contributed by atoms with Crippen molar-refractivity contribution in [3.63, 3.8) is 0 Å². The summed E-state index contributed by atoms with van der Waals surface area (Å²) in [5.74, 6) is -0.0532. The summed E-state index contributed by atoms with van der Waals surface area (Å²) < 4.78 is 9.88. The molecule has 0 aromatic heterocycles. The molecule has 0 aliphatic carbocycles. The van der Waals surface area contributed by atoms with Gasteiger partial charge in [0.05, 0.1) is 19.1 Å². The van der Waals surface area contributed by atoms with Gasteiger partial charge in [0.25, 0.3) is 5.69 Å². The number of non-ortho nitro benzene ring substituents is 1. The van der Waals surface area contributed by atoms with Crippen LogP contribution in [0.15, 0.2) is 52.3 Å². The van der Waals surface area contributed by atoms with Crippen LogP contribution in [0, 0.1) is 10.1 Å². The number of esters is 1. The van der Waals surface area contributed by atoms with Crippen molar-refractivity contribution >= 4 is 23.4 Å². The molecule has 0 unspecified atom stereocenters. The van der Waals surface area contributed by atoms with E-state index in [1.807, 2.05) is 0 Å². The molecule has 0 aliphatic heterocycles. The second-order valence-electron chi connectivity index (χ2n) is 4.21. The SMILES string of the molecule is COC(=O)c1ccc(Sc2ccc([N+](=O)[O-])cc2)cc1OC. The van der Waals surface area contributed by atoms with Crippen molar-refractivity contribution in [3.05, 3.63) is 58.1 Å². The Hall–Kier alpha value is -2.54. The minimum atomic E-state index is -0.469. The molecule has 2 aromatic rings. The number of nitro groups is 1. The van der Waals surface area contributed by atoms with Crippen LogP contribution in [0.3, 0.4) is 0 Å². The molecule has 0 bridgehead atoms. The molecule has 0 heterocycles. The highest BCUT2D eigenvalue weighted by atomic mass is 32.2. The van der Waals surface area contributed by atoms with Crippen LogP contribution >= 0.6 is 11.8 Å². The highest BCUT2D eigenvalue weighted by Gasteiger charge is 2.13. The number of nitro benzene ring substituents is 1. The van der Waals surface area contributed by atoms with Crippen LogP contribution in [0.25, 0.3) is 0 Å². The Kier molecular flexibility index (Phi) is 5.00. The maximum Gasteiger partial charge on any atom is 0.341 e. The summed E-state index contributed by atoms with van der Waals surface area (Å²) in [7, 11) is 2.78. The second kappa shape index (κ2) is 6.95. The van der Waals surface area contributed by atoms with Gasteiger partial charge in [-0.15, -0.1) is 0 Å². The van der Waals surface area contributed by atoms with Crippen LogP contribution in [0.1, 0.15) is 10.4 Å². The van der Waals surface area contributed by atoms with Crippen molar-refractivity contribution < 1.29 is 19.2 Å². The molecule has 0 aliphatic rings. The van der Waals surface area contributed by atoms with E-state index in [9.17, 15) is 14.9 Å². The van der Waals surface area contributed by atoms with E-state index in [0.29, 0.717) is 11.3 Å². The molecule has 22 heavy (non-hydrogen) atoms. The van der Waals surface area contributed by atoms with Gasteiger partial charge in [0, 0.05) is 21.9 Å². The maximum absolute atomic E-state index is 11.6. The van der Waals surface area contributed by atoms with Gasteiger partial charge in [0.1, 0.15) is 11.3 Å². The number of carbonyl (C=O) groups is 1. The van der Waals surface area contributed by atoms with Crippen molar-refractivity contribution in [3.8, 4) is 5.75 Å². The van der Waals surface area contributed by atoms with Gasteiger partial charge >= 0.3 is 5.97 Å². The first-order valence-corrected chi connectivity index (χ1v) is 7.05. The zero-order valence-electron chi connectivity index (χ0n) is 11.9. The molecule has 114 valence electrons. The molecule has 0 radical (unpaired) electrons. The van der Waals surface area contributed by atoms with E-state index in [4.69, 9.17) is 4.74 Å². The minimum absolute atomic E-state index is 0.0444. The van der Waals surface area contributed by atoms with Crippen LogP contribution in [-0.4, -0.2) is 25.1 Å². The zero-order valence-corrected chi connectivity index (χ0v) is 12.8. The lowest BCUT2D eigenvalue weighted by Gasteiger charge is -2.09. The largest absolute Gasteiger partial charge is 0.496 e. The second-order valence-corrected chi connectivity index (χ2v) is 5.35. The molecule has 6 nitrogen and oxygen atoms in total. The Morgan fingerprint density at radius 3 is 2.27 bits per heavy atom. The molecule has 0 saturated carbocycles. The number of ether oxygens (including phenoxy) is 2. The fourth-order valence-electron chi connectivity index (χ4n) is 1.79. The number of carbonyl (C=O) groups excluding carboxylic acids is 1. The lowest BCUT2D eigenvalue weighted by atomic mass is 10.2. The molecule has 2 aromatic carbocycles. The fraction of sp³-hybridized carbons (Fsp3) is 0.133. The number of nitrogens with zero attached hydrogens (tertiary/aromatic N) is 1. The molecule has 0 amide bonds. The van der Waals surface area contributed by atoms with Crippen molar-refractivity contribution in [1.82, 2.24) is 0 Å². The Balaban J connectivity index is 2.22. The lowest BCUT2D eigenvalue weighted by molar-refractivity contribution is -0.384. The van der Waals surface area contributed by atoms with Crippen LogP contribution in [0.2, 0.25) is 0 Å². The normalized spacial score (nSPS) is 10.1. The van der Waals surface area contributed by atoms with E-state index in [2.05, 4.69) is 4.74 Å². The van der Waals surface area contributed by atoms with Gasteiger partial charge in [-0.1, -0.05) is 11.8 Å². The van der Waals surface area contributed by atoms with Gasteiger partial charge in [-0.25, -0.2) is 4.79 Å². The third-order valence-electron chi connectivity index (χ3n) is 2.86. The molecule has 0 N–H and O–H groups in total. The lowest BCUT2D eigenvalue weighted by Crippen LogP contribution is -2.03. The van der Waals surface area contributed by atoms with Crippen LogP contribution in [0.5, 0.6) is 5.75 Å². The average molecular weight is 319 g/mol. The molecule has 0 saturated heterocycles. The first kappa shape index (κ1) is 15.8. The Labute approximate surface area is 131 Å². The molecule has 0 atom stereocenters. The predicted molar refractivity (Wildman–Crippen MR) is 81.6 cm³/mol. The summed E-state index contributed by atoms with van der Waals surface area (Å²) in [4.78, 5) is 23.5. The van der Waals surface area contributed by atoms with Crippen LogP contribution in [0.4, 0.5) is 5.69 Å². The third kappa shape index (κ3) is 3.56. The molecular weight excluding hydrogens is 306 g/mol. The molecule has 0 spiro atoms. The van der Waals surface area contributed by atoms with Gasteiger partial charge in [-0.05, 0) is 30.3 Å². The van der Waals surface area contributed by atoms with Gasteiger partial charge in [0.2, 0.25) is 0 Å². The fourth-order valence-corrected chi connectivity index (χ4v) is 2.63. The number of hydrogen-bond acceptors (Lipinski definition) is 6. The first-order chi connectivity index (χ1) is 10.5. The number of hydrogen-bond donors (Lipinski definition) is 0. The molecular formula is C15H13NO5S. The molecule has 7 heteroatoms. The van der Waals surface area contributed by atoms with E-state index < -0.39 is 10.9 Å². The summed E-state index contributed by atoms with van der Waals surface area (Å²) in [6.07, 6.45) is 0. The summed E-state index contributed by atoms with van der Waals surface area (Å²) >= 11 is 1.41. The average Bonchev–Trinajstić information content (AvgIpc) is 2.54. The van der Waals surface area contributed by atoms with E-state index >= 15 is 0 Å². The van der Waals surface area contributed by atoms with Crippen molar-refractivity contribution in [2.24, 2.45) is 0 Å². The van der Waals surface area contributed by atoms with Crippen molar-refractivity contribution in [1.29, 1.82) is 0 Å². The summed E-state index contributed by atoms with van der Waals surface area (Å²) in [5, 5.41) is 10.6. The molecule has 0 fully saturated rings. The Morgan fingerprint density at radius 2 is 1.73 bits per heavy atom. The maximum atomic E-state index is 11.6. The van der Waals surface area contributed by atoms with Crippen molar-refractivity contribution in [2.75, 3.05) is 14.2 Å². The highest BCUT2D eigenvalue weighted by Crippen LogP contribution is 2.32. The third-order valence-corrected chi connectivity index (χ3v) is 3.86. The van der Waals surface area contributed by atoms with Gasteiger partial charge < -0.3 is 9.47 Å². The van der Waals surface area contributed by atoms with Gasteiger partial charge in [-0.3, -0.25) is 10.1 Å². The quantitative estimate of drug-likeness (QED) is 0.476. The van der Waals surface area contributed by atoms with Gasteiger partial charge in [0.15, 0.2) is 0 Å². The van der Waals surface area contributed by atoms with E-state index in [1.54, 1.807) is 30.3 Å². The Morgan fingerprint density at radius 1 is 1.09 bits per heavy atom. The number of benzene rings is 2. The van der Waals surface area contributed by atoms with E-state index in [1.165, 1.54) is 38.1 Å². The Bertz CT molecular complexity index is 700. The predicted octanol–water partition coefficient (Wildman–Crippen LogP) is 3.54. The smallest absolute Gasteiger partial charge is 0.341 e. The van der Waals surface area contributed by atoms with Crippen LogP contribution in [-0.2, 0) is 4.74 Å². The summed E-state index contributed by atoms with van der Waals surface area (Å²) in [6.45, 7) is 0. The van der Waals surface area contributed by atoms with Crippen LogP contribution < -0.4 is 4.74 Å². The van der Waals surface area contributed by atoms with E-state index in [0.717, 1.165) is 9.79 Å². The van der Waals surface area contributed by atoms with E-state index in [-0.39, 0.29) is 5.69 Å².